The molecule has 0 aromatic carbocycles. The highest BCUT2D eigenvalue weighted by molar-refractivity contribution is 5.80. The van der Waals surface area contributed by atoms with Gasteiger partial charge in [0.15, 0.2) is 0 Å². The Morgan fingerprint density at radius 3 is 2.84 bits per heavy atom. The van der Waals surface area contributed by atoms with E-state index in [4.69, 9.17) is 9.47 Å². The maximum atomic E-state index is 12.5. The second kappa shape index (κ2) is 11.1. The minimum absolute atomic E-state index is 0.0000398. The van der Waals surface area contributed by atoms with Gasteiger partial charge in [-0.05, 0) is 43.9 Å². The van der Waals surface area contributed by atoms with Crippen LogP contribution in [0.15, 0.2) is 0 Å². The quantitative estimate of drug-likeness (QED) is 0.444. The molecule has 5 atom stereocenters. The van der Waals surface area contributed by atoms with Gasteiger partial charge in [0.05, 0.1) is 19.2 Å². The van der Waals surface area contributed by atoms with Crippen molar-refractivity contribution in [3.8, 4) is 0 Å². The van der Waals surface area contributed by atoms with Crippen LogP contribution in [0.5, 0.6) is 0 Å². The summed E-state index contributed by atoms with van der Waals surface area (Å²) in [5, 5.41) is 5.33. The van der Waals surface area contributed by atoms with E-state index in [2.05, 4.69) is 15.5 Å². The number of amides is 1. The lowest BCUT2D eigenvalue weighted by atomic mass is 9.66. The Hall–Kier alpha value is -1.18. The van der Waals surface area contributed by atoms with Crippen molar-refractivity contribution in [3.63, 3.8) is 0 Å². The lowest BCUT2D eigenvalue weighted by molar-refractivity contribution is -0.642. The van der Waals surface area contributed by atoms with Crippen LogP contribution < -0.4 is 10.6 Å². The summed E-state index contributed by atoms with van der Waals surface area (Å²) in [5.41, 5.74) is 0. The molecule has 0 aromatic heterocycles. The van der Waals surface area contributed by atoms with Crippen LogP contribution in [-0.4, -0.2) is 67.9 Å². The van der Waals surface area contributed by atoms with Crippen molar-refractivity contribution in [2.45, 2.75) is 89.4 Å². The standard InChI is InChI=1S/C24H41N3O4/c1-17(24(29)26-10-5-12-27-13-11-25-16-27)30-19-8-9-20-21(18-6-3-2-4-7-18)15-23(28)31-22(20)14-19/h17-22,25H,2-16H2,1H3,(H,26,29)/p+1/t17-,19?,20?,21?,22?/m1/s1. The molecule has 7 nitrogen and oxygen atoms in total. The Morgan fingerprint density at radius 1 is 1.23 bits per heavy atom. The molecular formula is C24H42N3O4+. The van der Waals surface area contributed by atoms with Crippen LogP contribution in [0.2, 0.25) is 0 Å². The van der Waals surface area contributed by atoms with Gasteiger partial charge in [-0.2, -0.15) is 0 Å². The van der Waals surface area contributed by atoms with E-state index in [9.17, 15) is 9.59 Å². The number of fused-ring (bicyclic) bond motifs is 1. The zero-order valence-electron chi connectivity index (χ0n) is 19.2. The fourth-order valence-corrected chi connectivity index (χ4v) is 6.35. The summed E-state index contributed by atoms with van der Waals surface area (Å²) < 4.78 is 11.9. The Labute approximate surface area is 187 Å². The molecule has 2 aliphatic heterocycles. The summed E-state index contributed by atoms with van der Waals surface area (Å²) >= 11 is 0. The van der Waals surface area contributed by atoms with E-state index >= 15 is 0 Å². The number of quaternary nitrogens is 1. The van der Waals surface area contributed by atoms with Crippen molar-refractivity contribution in [3.05, 3.63) is 0 Å². The van der Waals surface area contributed by atoms with Gasteiger partial charge in [-0.1, -0.05) is 32.1 Å². The first-order chi connectivity index (χ1) is 15.1. The van der Waals surface area contributed by atoms with Crippen molar-refractivity contribution >= 4 is 11.9 Å². The monoisotopic (exact) mass is 436 g/mol. The second-order valence-corrected chi connectivity index (χ2v) is 10.2. The normalized spacial score (nSPS) is 33.5. The van der Waals surface area contributed by atoms with Gasteiger partial charge in [0, 0.05) is 25.9 Å². The maximum Gasteiger partial charge on any atom is 0.306 e. The number of nitrogens with zero attached hydrogens (tertiary/aromatic N) is 1. The third kappa shape index (κ3) is 6.20. The molecule has 2 saturated heterocycles. The number of carbonyl (C=O) groups excluding carboxylic acids is 2. The second-order valence-electron chi connectivity index (χ2n) is 10.2. The Morgan fingerprint density at radius 2 is 2.06 bits per heavy atom. The number of nitrogens with two attached hydrogens (primary N) is 1. The number of esters is 1. The van der Waals surface area contributed by atoms with E-state index in [-0.39, 0.29) is 24.1 Å². The van der Waals surface area contributed by atoms with Gasteiger partial charge >= 0.3 is 5.97 Å². The van der Waals surface area contributed by atoms with Gasteiger partial charge in [0.2, 0.25) is 5.91 Å². The first-order valence-corrected chi connectivity index (χ1v) is 12.8. The molecule has 2 heterocycles. The number of ether oxygens (including phenoxy) is 2. The van der Waals surface area contributed by atoms with Crippen LogP contribution in [0, 0.1) is 17.8 Å². The van der Waals surface area contributed by atoms with E-state index in [1.165, 1.54) is 38.6 Å². The molecule has 0 spiro atoms. The fourth-order valence-electron chi connectivity index (χ4n) is 6.35. The summed E-state index contributed by atoms with van der Waals surface area (Å²) in [4.78, 5) is 27.2. The highest BCUT2D eigenvalue weighted by Crippen LogP contribution is 2.45. The molecule has 4 rings (SSSR count). The average Bonchev–Trinajstić information content (AvgIpc) is 3.30. The Kier molecular flexibility index (Phi) is 8.24. The predicted molar refractivity (Wildman–Crippen MR) is 117 cm³/mol. The molecule has 2 aliphatic carbocycles. The van der Waals surface area contributed by atoms with Crippen molar-refractivity contribution in [2.24, 2.45) is 17.8 Å². The van der Waals surface area contributed by atoms with E-state index in [1.807, 2.05) is 6.92 Å². The summed E-state index contributed by atoms with van der Waals surface area (Å²) in [7, 11) is 0. The fraction of sp³-hybridized carbons (Fsp3) is 0.917. The van der Waals surface area contributed by atoms with Crippen molar-refractivity contribution < 1.29 is 24.4 Å². The zero-order chi connectivity index (χ0) is 21.6. The largest absolute Gasteiger partial charge is 0.462 e. The molecule has 4 unspecified atom stereocenters. The molecule has 0 radical (unpaired) electrons. The van der Waals surface area contributed by atoms with Crippen molar-refractivity contribution in [2.75, 3.05) is 32.8 Å². The lowest BCUT2D eigenvalue weighted by Gasteiger charge is -2.46. The predicted octanol–water partition coefficient (Wildman–Crippen LogP) is 1.42. The van der Waals surface area contributed by atoms with E-state index in [0.717, 1.165) is 45.4 Å². The molecule has 2 saturated carbocycles. The van der Waals surface area contributed by atoms with Crippen LogP contribution >= 0.6 is 0 Å². The Balaban J connectivity index is 1.20. The van der Waals surface area contributed by atoms with Gasteiger partial charge in [0.25, 0.3) is 0 Å². The van der Waals surface area contributed by atoms with Crippen LogP contribution in [-0.2, 0) is 19.1 Å². The molecule has 31 heavy (non-hydrogen) atoms. The SMILES string of the molecule is C[C@@H](OC1CCC2C(C1)OC(=O)CC2C1CCCCC1)C(=O)NCCCN1CC[NH2+]C1. The first kappa shape index (κ1) is 23.0. The van der Waals surface area contributed by atoms with Crippen LogP contribution in [0.1, 0.15) is 71.1 Å². The molecule has 7 heteroatoms. The summed E-state index contributed by atoms with van der Waals surface area (Å²) in [6, 6.07) is 0. The van der Waals surface area contributed by atoms with Crippen molar-refractivity contribution in [1.29, 1.82) is 0 Å². The Bertz CT molecular complexity index is 604. The average molecular weight is 437 g/mol. The van der Waals surface area contributed by atoms with E-state index in [1.54, 1.807) is 0 Å². The van der Waals surface area contributed by atoms with Crippen molar-refractivity contribution in [1.82, 2.24) is 10.2 Å². The summed E-state index contributed by atoms with van der Waals surface area (Å²) in [5.74, 6) is 1.60. The number of hydrogen-bond acceptors (Lipinski definition) is 5. The molecule has 3 N–H and O–H groups in total. The number of nitrogens with one attached hydrogen (secondary N) is 1. The van der Waals surface area contributed by atoms with Crippen LogP contribution in [0.4, 0.5) is 0 Å². The van der Waals surface area contributed by atoms with Crippen LogP contribution in [0.3, 0.4) is 0 Å². The number of hydrogen-bond donors (Lipinski definition) is 2. The van der Waals surface area contributed by atoms with Crippen LogP contribution in [0.25, 0.3) is 0 Å². The molecule has 176 valence electrons. The maximum absolute atomic E-state index is 12.5. The van der Waals surface area contributed by atoms with Gasteiger partial charge in [-0.15, -0.1) is 0 Å². The topological polar surface area (TPSA) is 84.5 Å². The minimum atomic E-state index is -0.463. The van der Waals surface area contributed by atoms with Gasteiger partial charge in [-0.25, -0.2) is 0 Å². The number of carbonyl (C=O) groups is 2. The summed E-state index contributed by atoms with van der Waals surface area (Å²) in [6.45, 7) is 6.96. The minimum Gasteiger partial charge on any atom is -0.462 e. The molecule has 4 aliphatic rings. The third-order valence-corrected chi connectivity index (χ3v) is 8.04. The van der Waals surface area contributed by atoms with Gasteiger partial charge < -0.3 is 20.1 Å². The zero-order valence-corrected chi connectivity index (χ0v) is 19.2. The molecular weight excluding hydrogens is 394 g/mol. The lowest BCUT2D eigenvalue weighted by Crippen LogP contribution is -2.82. The smallest absolute Gasteiger partial charge is 0.306 e. The first-order valence-electron chi connectivity index (χ1n) is 12.8. The number of rotatable bonds is 8. The third-order valence-electron chi connectivity index (χ3n) is 8.04. The molecule has 4 fully saturated rings. The summed E-state index contributed by atoms with van der Waals surface area (Å²) in [6.07, 6.45) is 10.3. The highest BCUT2D eigenvalue weighted by atomic mass is 16.5. The van der Waals surface area contributed by atoms with Gasteiger partial charge in [-0.3, -0.25) is 14.5 Å². The molecule has 1 amide bonds. The molecule has 0 aromatic rings. The van der Waals surface area contributed by atoms with E-state index in [0.29, 0.717) is 30.7 Å². The highest BCUT2D eigenvalue weighted by Gasteiger charge is 2.45. The van der Waals surface area contributed by atoms with Gasteiger partial charge in [0.1, 0.15) is 18.9 Å². The van der Waals surface area contributed by atoms with E-state index < -0.39 is 6.10 Å². The molecule has 0 bridgehead atoms.